The van der Waals surface area contributed by atoms with E-state index in [1.807, 2.05) is 13.0 Å². The second-order valence-electron chi connectivity index (χ2n) is 4.28. The van der Waals surface area contributed by atoms with E-state index in [0.29, 0.717) is 23.0 Å². The number of hydrogen-bond donors (Lipinski definition) is 1. The number of aromatic nitrogens is 2. The average molecular weight is 294 g/mol. The largest absolute Gasteiger partial charge is 0.495 e. The van der Waals surface area contributed by atoms with Gasteiger partial charge in [0, 0.05) is 12.6 Å². The van der Waals surface area contributed by atoms with Gasteiger partial charge in [-0.15, -0.1) is 0 Å². The lowest BCUT2D eigenvalue weighted by Crippen LogP contribution is -2.25. The zero-order valence-corrected chi connectivity index (χ0v) is 12.1. The molecule has 1 heterocycles. The van der Waals surface area contributed by atoms with Crippen molar-refractivity contribution in [2.75, 3.05) is 7.11 Å². The number of methoxy groups -OCH3 is 1. The Balaban J connectivity index is 2.38. The Labute approximate surface area is 121 Å². The maximum Gasteiger partial charge on any atom is 0.266 e. The molecule has 106 valence electrons. The lowest BCUT2D eigenvalue weighted by molar-refractivity contribution is 0.415. The summed E-state index contributed by atoms with van der Waals surface area (Å²) in [5.74, 6) is 0.592. The van der Waals surface area contributed by atoms with Gasteiger partial charge in [-0.1, -0.05) is 17.7 Å². The minimum absolute atomic E-state index is 0.142. The van der Waals surface area contributed by atoms with E-state index < -0.39 is 6.04 Å². The SMILES string of the molecule is CCn1nc(C(N)c2ccc(OC)c(Cl)c2)ccc1=O. The quantitative estimate of drug-likeness (QED) is 0.936. The molecule has 1 aromatic carbocycles. The van der Waals surface area contributed by atoms with Crippen LogP contribution >= 0.6 is 11.6 Å². The maximum atomic E-state index is 11.5. The van der Waals surface area contributed by atoms with Gasteiger partial charge in [0.2, 0.25) is 0 Å². The molecule has 0 spiro atoms. The van der Waals surface area contributed by atoms with E-state index >= 15 is 0 Å². The Morgan fingerprint density at radius 2 is 2.15 bits per heavy atom. The molecule has 1 aromatic heterocycles. The maximum absolute atomic E-state index is 11.5. The fourth-order valence-corrected chi connectivity index (χ4v) is 2.17. The molecule has 0 amide bonds. The number of nitrogens with two attached hydrogens (primary N) is 1. The summed E-state index contributed by atoms with van der Waals surface area (Å²) in [5.41, 5.74) is 7.46. The molecule has 0 saturated carbocycles. The molecule has 0 bridgehead atoms. The Kier molecular flexibility index (Phi) is 4.42. The standard InChI is InChI=1S/C14H16ClN3O2/c1-3-18-13(19)7-5-11(17-18)14(16)9-4-6-12(20-2)10(15)8-9/h4-8,14H,3,16H2,1-2H3. The molecular weight excluding hydrogens is 278 g/mol. The van der Waals surface area contributed by atoms with Gasteiger partial charge in [-0.3, -0.25) is 4.79 Å². The van der Waals surface area contributed by atoms with Crippen molar-refractivity contribution < 1.29 is 4.74 Å². The first-order valence-corrected chi connectivity index (χ1v) is 6.61. The van der Waals surface area contributed by atoms with Crippen LogP contribution in [0.3, 0.4) is 0 Å². The van der Waals surface area contributed by atoms with Gasteiger partial charge in [0.15, 0.2) is 0 Å². The zero-order valence-electron chi connectivity index (χ0n) is 11.3. The molecule has 1 unspecified atom stereocenters. The lowest BCUT2D eigenvalue weighted by Gasteiger charge is -2.14. The Hall–Kier alpha value is -1.85. The lowest BCUT2D eigenvalue weighted by atomic mass is 10.0. The second kappa shape index (κ2) is 6.07. The van der Waals surface area contributed by atoms with Crippen molar-refractivity contribution >= 4 is 11.6 Å². The van der Waals surface area contributed by atoms with Gasteiger partial charge in [-0.25, -0.2) is 4.68 Å². The highest BCUT2D eigenvalue weighted by molar-refractivity contribution is 6.32. The Morgan fingerprint density at radius 3 is 2.75 bits per heavy atom. The fourth-order valence-electron chi connectivity index (χ4n) is 1.90. The van der Waals surface area contributed by atoms with Crippen molar-refractivity contribution in [3.63, 3.8) is 0 Å². The zero-order chi connectivity index (χ0) is 14.7. The molecule has 1 atom stereocenters. The highest BCUT2D eigenvalue weighted by Gasteiger charge is 2.13. The minimum Gasteiger partial charge on any atom is -0.495 e. The minimum atomic E-state index is -0.447. The van der Waals surface area contributed by atoms with Gasteiger partial charge in [-0.2, -0.15) is 5.10 Å². The third kappa shape index (κ3) is 2.84. The van der Waals surface area contributed by atoms with Gasteiger partial charge in [0.1, 0.15) is 5.75 Å². The van der Waals surface area contributed by atoms with Crippen LogP contribution in [0.1, 0.15) is 24.2 Å². The first-order valence-electron chi connectivity index (χ1n) is 6.24. The van der Waals surface area contributed by atoms with Gasteiger partial charge in [0.05, 0.1) is 23.9 Å². The summed E-state index contributed by atoms with van der Waals surface area (Å²) in [7, 11) is 1.56. The third-order valence-corrected chi connectivity index (χ3v) is 3.34. The van der Waals surface area contributed by atoms with Crippen LogP contribution in [-0.2, 0) is 6.54 Å². The number of hydrogen-bond acceptors (Lipinski definition) is 4. The Morgan fingerprint density at radius 1 is 1.40 bits per heavy atom. The molecule has 20 heavy (non-hydrogen) atoms. The molecule has 0 aliphatic carbocycles. The predicted molar refractivity (Wildman–Crippen MR) is 78.2 cm³/mol. The summed E-state index contributed by atoms with van der Waals surface area (Å²) in [6.07, 6.45) is 0. The highest BCUT2D eigenvalue weighted by Crippen LogP contribution is 2.28. The van der Waals surface area contributed by atoms with Crippen molar-refractivity contribution in [1.29, 1.82) is 0 Å². The van der Waals surface area contributed by atoms with Crippen LogP contribution in [0.15, 0.2) is 35.1 Å². The van der Waals surface area contributed by atoms with Crippen molar-refractivity contribution in [3.05, 3.63) is 57.0 Å². The monoisotopic (exact) mass is 293 g/mol. The van der Waals surface area contributed by atoms with Crippen LogP contribution in [0.2, 0.25) is 5.02 Å². The van der Waals surface area contributed by atoms with Gasteiger partial charge in [0.25, 0.3) is 5.56 Å². The van der Waals surface area contributed by atoms with Crippen LogP contribution in [-0.4, -0.2) is 16.9 Å². The smallest absolute Gasteiger partial charge is 0.266 e. The van der Waals surface area contributed by atoms with E-state index in [9.17, 15) is 4.79 Å². The van der Waals surface area contributed by atoms with Crippen LogP contribution in [0, 0.1) is 0 Å². The summed E-state index contributed by atoms with van der Waals surface area (Å²) in [6.45, 7) is 2.36. The number of nitrogens with zero attached hydrogens (tertiary/aromatic N) is 2. The molecule has 0 saturated heterocycles. The molecule has 6 heteroatoms. The summed E-state index contributed by atoms with van der Waals surface area (Å²) in [4.78, 5) is 11.5. The number of benzene rings is 1. The molecule has 2 aromatic rings. The van der Waals surface area contributed by atoms with E-state index in [-0.39, 0.29) is 5.56 Å². The summed E-state index contributed by atoms with van der Waals surface area (Å²) in [6, 6.07) is 7.99. The molecule has 0 aliphatic heterocycles. The van der Waals surface area contributed by atoms with Crippen LogP contribution in [0.5, 0.6) is 5.75 Å². The van der Waals surface area contributed by atoms with E-state index in [1.165, 1.54) is 10.7 Å². The normalized spacial score (nSPS) is 12.2. The first kappa shape index (κ1) is 14.6. The molecule has 0 radical (unpaired) electrons. The summed E-state index contributed by atoms with van der Waals surface area (Å²) >= 11 is 6.09. The number of aryl methyl sites for hydroxylation is 1. The highest BCUT2D eigenvalue weighted by atomic mass is 35.5. The molecular formula is C14H16ClN3O2. The molecule has 0 aliphatic rings. The predicted octanol–water partition coefficient (Wildman–Crippen LogP) is 1.97. The third-order valence-electron chi connectivity index (χ3n) is 3.04. The van der Waals surface area contributed by atoms with Crippen LogP contribution in [0.25, 0.3) is 0 Å². The van der Waals surface area contributed by atoms with E-state index in [1.54, 1.807) is 25.3 Å². The molecule has 2 rings (SSSR count). The topological polar surface area (TPSA) is 70.1 Å². The van der Waals surface area contributed by atoms with Gasteiger partial charge in [-0.05, 0) is 30.7 Å². The summed E-state index contributed by atoms with van der Waals surface area (Å²) < 4.78 is 6.48. The number of rotatable bonds is 4. The Bertz CT molecular complexity index is 670. The number of halogens is 1. The van der Waals surface area contributed by atoms with Crippen molar-refractivity contribution in [1.82, 2.24) is 9.78 Å². The summed E-state index contributed by atoms with van der Waals surface area (Å²) in [5, 5.41) is 4.73. The first-order chi connectivity index (χ1) is 9.56. The van der Waals surface area contributed by atoms with Crippen molar-refractivity contribution in [2.24, 2.45) is 5.73 Å². The molecule has 0 fully saturated rings. The van der Waals surface area contributed by atoms with Gasteiger partial charge < -0.3 is 10.5 Å². The van der Waals surface area contributed by atoms with Crippen LogP contribution < -0.4 is 16.0 Å². The number of ether oxygens (including phenoxy) is 1. The van der Waals surface area contributed by atoms with Crippen LogP contribution in [0.4, 0.5) is 0 Å². The van der Waals surface area contributed by atoms with E-state index in [0.717, 1.165) is 5.56 Å². The van der Waals surface area contributed by atoms with Crippen molar-refractivity contribution in [3.8, 4) is 5.75 Å². The molecule has 2 N–H and O–H groups in total. The van der Waals surface area contributed by atoms with Gasteiger partial charge >= 0.3 is 0 Å². The second-order valence-corrected chi connectivity index (χ2v) is 4.69. The van der Waals surface area contributed by atoms with Crippen molar-refractivity contribution in [2.45, 2.75) is 19.5 Å². The van der Waals surface area contributed by atoms with E-state index in [2.05, 4.69) is 5.10 Å². The average Bonchev–Trinajstić information content (AvgIpc) is 2.47. The molecule has 5 nitrogen and oxygen atoms in total. The fraction of sp³-hybridized carbons (Fsp3) is 0.286. The van der Waals surface area contributed by atoms with E-state index in [4.69, 9.17) is 22.1 Å².